The maximum Gasteiger partial charge on any atom is 0.225 e. The first-order valence-electron chi connectivity index (χ1n) is 6.37. The summed E-state index contributed by atoms with van der Waals surface area (Å²) in [5, 5.41) is 6.25. The van der Waals surface area contributed by atoms with Crippen molar-refractivity contribution in [2.45, 2.75) is 32.2 Å². The molecular weight excluding hydrogens is 228 g/mol. The molecule has 0 aliphatic carbocycles. The van der Waals surface area contributed by atoms with Crippen LogP contribution in [0.2, 0.25) is 0 Å². The van der Waals surface area contributed by atoms with E-state index in [4.69, 9.17) is 4.74 Å². The summed E-state index contributed by atoms with van der Waals surface area (Å²) in [4.78, 5) is 11.9. The summed E-state index contributed by atoms with van der Waals surface area (Å²) in [6.07, 6.45) is 2.81. The molecule has 1 heterocycles. The summed E-state index contributed by atoms with van der Waals surface area (Å²) in [6, 6.07) is 6.01. The molecule has 1 aliphatic rings. The van der Waals surface area contributed by atoms with Crippen molar-refractivity contribution >= 4 is 11.6 Å². The Morgan fingerprint density at radius 1 is 1.56 bits per heavy atom. The largest absolute Gasteiger partial charge is 0.496 e. The molecule has 1 fully saturated rings. The van der Waals surface area contributed by atoms with Crippen LogP contribution in [-0.4, -0.2) is 25.6 Å². The number of amides is 1. The third kappa shape index (κ3) is 3.23. The maximum atomic E-state index is 11.9. The second kappa shape index (κ2) is 5.87. The number of ether oxygens (including phenoxy) is 1. The number of anilines is 1. The molecule has 1 atom stereocenters. The Morgan fingerprint density at radius 2 is 2.39 bits per heavy atom. The highest BCUT2D eigenvalue weighted by Crippen LogP contribution is 2.21. The van der Waals surface area contributed by atoms with Crippen molar-refractivity contribution in [1.29, 1.82) is 0 Å². The van der Waals surface area contributed by atoms with Crippen molar-refractivity contribution in [3.8, 4) is 5.75 Å². The molecule has 4 nitrogen and oxygen atoms in total. The predicted octanol–water partition coefficient (Wildman–Crippen LogP) is 2.08. The number of nitrogens with one attached hydrogen (secondary N) is 2. The Kier molecular flexibility index (Phi) is 4.20. The van der Waals surface area contributed by atoms with Gasteiger partial charge >= 0.3 is 0 Å². The number of hydrogen-bond donors (Lipinski definition) is 2. The van der Waals surface area contributed by atoms with Gasteiger partial charge in [-0.15, -0.1) is 0 Å². The number of methoxy groups -OCH3 is 1. The van der Waals surface area contributed by atoms with Crippen LogP contribution >= 0.6 is 0 Å². The summed E-state index contributed by atoms with van der Waals surface area (Å²) < 4.78 is 5.19. The van der Waals surface area contributed by atoms with E-state index >= 15 is 0 Å². The summed E-state index contributed by atoms with van der Waals surface area (Å²) in [5.41, 5.74) is 1.85. The van der Waals surface area contributed by atoms with Crippen LogP contribution in [0.3, 0.4) is 0 Å². The fraction of sp³-hybridized carbons (Fsp3) is 0.500. The molecule has 0 saturated carbocycles. The molecule has 1 aromatic carbocycles. The van der Waals surface area contributed by atoms with Crippen LogP contribution in [0, 0.1) is 6.92 Å². The SMILES string of the molecule is COc1ccc(NC(=O)CC2CCCN2)cc1C. The summed E-state index contributed by atoms with van der Waals surface area (Å²) in [5.74, 6) is 0.907. The fourth-order valence-electron chi connectivity index (χ4n) is 2.32. The molecule has 2 rings (SSSR count). The van der Waals surface area contributed by atoms with Crippen molar-refractivity contribution in [2.75, 3.05) is 19.0 Å². The average molecular weight is 248 g/mol. The Balaban J connectivity index is 1.92. The van der Waals surface area contributed by atoms with Crippen LogP contribution in [0.4, 0.5) is 5.69 Å². The van der Waals surface area contributed by atoms with Crippen LogP contribution in [0.15, 0.2) is 18.2 Å². The number of rotatable bonds is 4. The molecule has 1 amide bonds. The molecular formula is C14H20N2O2. The van der Waals surface area contributed by atoms with Gasteiger partial charge in [-0.25, -0.2) is 0 Å². The lowest BCUT2D eigenvalue weighted by atomic mass is 10.1. The van der Waals surface area contributed by atoms with Gasteiger partial charge in [0.05, 0.1) is 7.11 Å². The van der Waals surface area contributed by atoms with Crippen molar-refractivity contribution in [2.24, 2.45) is 0 Å². The smallest absolute Gasteiger partial charge is 0.225 e. The zero-order chi connectivity index (χ0) is 13.0. The van der Waals surface area contributed by atoms with Gasteiger partial charge in [0.1, 0.15) is 5.75 Å². The first-order chi connectivity index (χ1) is 8.69. The van der Waals surface area contributed by atoms with Gasteiger partial charge in [-0.05, 0) is 50.1 Å². The van der Waals surface area contributed by atoms with E-state index in [1.165, 1.54) is 6.42 Å². The quantitative estimate of drug-likeness (QED) is 0.857. The molecule has 0 radical (unpaired) electrons. The van der Waals surface area contributed by atoms with Gasteiger partial charge in [-0.3, -0.25) is 4.79 Å². The number of benzene rings is 1. The molecule has 0 bridgehead atoms. The van der Waals surface area contributed by atoms with Gasteiger partial charge in [0.2, 0.25) is 5.91 Å². The highest BCUT2D eigenvalue weighted by molar-refractivity contribution is 5.91. The second-order valence-corrected chi connectivity index (χ2v) is 4.73. The van der Waals surface area contributed by atoms with Crippen molar-refractivity contribution < 1.29 is 9.53 Å². The Labute approximate surface area is 108 Å². The van der Waals surface area contributed by atoms with E-state index in [-0.39, 0.29) is 5.91 Å². The molecule has 4 heteroatoms. The van der Waals surface area contributed by atoms with Crippen molar-refractivity contribution in [3.63, 3.8) is 0 Å². The monoisotopic (exact) mass is 248 g/mol. The van der Waals surface area contributed by atoms with Gasteiger partial charge in [-0.1, -0.05) is 0 Å². The Hall–Kier alpha value is -1.55. The molecule has 1 aliphatic heterocycles. The molecule has 1 unspecified atom stereocenters. The molecule has 1 aromatic rings. The lowest BCUT2D eigenvalue weighted by Gasteiger charge is -2.12. The average Bonchev–Trinajstić information content (AvgIpc) is 2.82. The standard InChI is InChI=1S/C14H20N2O2/c1-10-8-12(5-6-13(10)18-2)16-14(17)9-11-4-3-7-15-11/h5-6,8,11,15H,3-4,7,9H2,1-2H3,(H,16,17). The first-order valence-corrected chi connectivity index (χ1v) is 6.37. The minimum atomic E-state index is 0.0685. The number of aryl methyl sites for hydroxylation is 1. The van der Waals surface area contributed by atoms with Crippen LogP contribution in [0.25, 0.3) is 0 Å². The van der Waals surface area contributed by atoms with Crippen molar-refractivity contribution in [3.05, 3.63) is 23.8 Å². The minimum absolute atomic E-state index is 0.0685. The Bertz CT molecular complexity index is 426. The van der Waals surface area contributed by atoms with Gasteiger partial charge in [-0.2, -0.15) is 0 Å². The van der Waals surface area contributed by atoms with Gasteiger partial charge in [0.25, 0.3) is 0 Å². The van der Waals surface area contributed by atoms with Crippen molar-refractivity contribution in [1.82, 2.24) is 5.32 Å². The third-order valence-electron chi connectivity index (χ3n) is 3.27. The molecule has 18 heavy (non-hydrogen) atoms. The lowest BCUT2D eigenvalue weighted by molar-refractivity contribution is -0.116. The third-order valence-corrected chi connectivity index (χ3v) is 3.27. The topological polar surface area (TPSA) is 50.4 Å². The van der Waals surface area contributed by atoms with E-state index in [0.29, 0.717) is 12.5 Å². The van der Waals surface area contributed by atoms with Gasteiger partial charge in [0, 0.05) is 18.2 Å². The highest BCUT2D eigenvalue weighted by atomic mass is 16.5. The van der Waals surface area contributed by atoms with Gasteiger partial charge < -0.3 is 15.4 Å². The fourth-order valence-corrected chi connectivity index (χ4v) is 2.32. The number of hydrogen-bond acceptors (Lipinski definition) is 3. The highest BCUT2D eigenvalue weighted by Gasteiger charge is 2.17. The minimum Gasteiger partial charge on any atom is -0.496 e. The Morgan fingerprint density at radius 3 is 3.00 bits per heavy atom. The molecule has 0 spiro atoms. The summed E-state index contributed by atoms with van der Waals surface area (Å²) >= 11 is 0. The van der Waals surface area contributed by atoms with Gasteiger partial charge in [0.15, 0.2) is 0 Å². The van der Waals surface area contributed by atoms with Crippen LogP contribution in [-0.2, 0) is 4.79 Å². The van der Waals surface area contributed by atoms with Crippen LogP contribution < -0.4 is 15.4 Å². The molecule has 2 N–H and O–H groups in total. The van der Waals surface area contributed by atoms with E-state index < -0.39 is 0 Å². The van der Waals surface area contributed by atoms with E-state index in [1.54, 1.807) is 7.11 Å². The van der Waals surface area contributed by atoms with E-state index in [9.17, 15) is 4.79 Å². The number of carbonyl (C=O) groups excluding carboxylic acids is 1. The zero-order valence-corrected chi connectivity index (χ0v) is 11.0. The molecule has 1 saturated heterocycles. The van der Waals surface area contributed by atoms with E-state index in [0.717, 1.165) is 30.0 Å². The van der Waals surface area contributed by atoms with E-state index in [1.807, 2.05) is 25.1 Å². The summed E-state index contributed by atoms with van der Waals surface area (Å²) in [7, 11) is 1.65. The summed E-state index contributed by atoms with van der Waals surface area (Å²) in [6.45, 7) is 2.99. The first kappa shape index (κ1) is 12.9. The molecule has 0 aromatic heterocycles. The second-order valence-electron chi connectivity index (χ2n) is 4.73. The predicted molar refractivity (Wildman–Crippen MR) is 72.0 cm³/mol. The van der Waals surface area contributed by atoms with Crippen LogP contribution in [0.5, 0.6) is 5.75 Å². The van der Waals surface area contributed by atoms with Crippen LogP contribution in [0.1, 0.15) is 24.8 Å². The number of carbonyl (C=O) groups is 1. The molecule has 98 valence electrons. The maximum absolute atomic E-state index is 11.9. The van der Waals surface area contributed by atoms with E-state index in [2.05, 4.69) is 10.6 Å². The lowest BCUT2D eigenvalue weighted by Crippen LogP contribution is -2.27. The zero-order valence-electron chi connectivity index (χ0n) is 11.0. The normalized spacial score (nSPS) is 18.7.